The summed E-state index contributed by atoms with van der Waals surface area (Å²) in [7, 11) is 1.45. The molecule has 1 saturated heterocycles. The highest BCUT2D eigenvalue weighted by Crippen LogP contribution is 2.48. The SMILES string of the molecule is C=NC1=N[C@@]2(c3cc(NC(=O)c4cnc(OC)cn4)ccc3F)CN(c3ncc(F)cn3)C[C@H]2CS1. The fourth-order valence-electron chi connectivity index (χ4n) is 4.33. The van der Waals surface area contributed by atoms with E-state index in [2.05, 4.69) is 37.0 Å². The molecule has 5 rings (SSSR count). The molecule has 2 atom stereocenters. The lowest BCUT2D eigenvalue weighted by Crippen LogP contribution is -2.39. The Hall–Kier alpha value is -4.00. The summed E-state index contributed by atoms with van der Waals surface area (Å²) in [5.41, 5.74) is -0.314. The number of fused-ring (bicyclic) bond motifs is 1. The maximum Gasteiger partial charge on any atom is 0.275 e. The summed E-state index contributed by atoms with van der Waals surface area (Å²) in [5, 5.41) is 3.18. The van der Waals surface area contributed by atoms with Gasteiger partial charge in [-0.3, -0.25) is 4.79 Å². The first kappa shape index (κ1) is 23.7. The molecule has 3 aromatic rings. The zero-order chi connectivity index (χ0) is 25.3. The fourth-order valence-corrected chi connectivity index (χ4v) is 5.38. The molecule has 1 aromatic carbocycles. The minimum atomic E-state index is -1.04. The number of amides is 1. The summed E-state index contributed by atoms with van der Waals surface area (Å²) in [6.07, 6.45) is 4.79. The summed E-state index contributed by atoms with van der Waals surface area (Å²) in [6.45, 7) is 4.29. The third-order valence-corrected chi connectivity index (χ3v) is 7.09. The number of aliphatic imine (C=N–C) groups is 2. The van der Waals surface area contributed by atoms with Gasteiger partial charge in [0.2, 0.25) is 11.8 Å². The first-order chi connectivity index (χ1) is 17.4. The smallest absolute Gasteiger partial charge is 0.275 e. The van der Waals surface area contributed by atoms with E-state index in [-0.39, 0.29) is 29.6 Å². The van der Waals surface area contributed by atoms with E-state index in [1.165, 1.54) is 43.4 Å². The van der Waals surface area contributed by atoms with Crippen LogP contribution in [0.3, 0.4) is 0 Å². The van der Waals surface area contributed by atoms with Gasteiger partial charge in [0.25, 0.3) is 5.91 Å². The number of methoxy groups -OCH3 is 1. The van der Waals surface area contributed by atoms with E-state index in [0.717, 1.165) is 12.4 Å². The molecule has 36 heavy (non-hydrogen) atoms. The monoisotopic (exact) mass is 510 g/mol. The highest BCUT2D eigenvalue weighted by atomic mass is 32.2. The molecule has 2 aromatic heterocycles. The minimum absolute atomic E-state index is 0.0726. The number of anilines is 2. The Bertz CT molecular complexity index is 1340. The molecule has 13 heteroatoms. The number of halogens is 2. The van der Waals surface area contributed by atoms with Gasteiger partial charge in [-0.05, 0) is 24.9 Å². The van der Waals surface area contributed by atoms with Gasteiger partial charge in [-0.15, -0.1) is 0 Å². The van der Waals surface area contributed by atoms with Crippen LogP contribution in [0.5, 0.6) is 5.88 Å². The van der Waals surface area contributed by atoms with Crippen molar-refractivity contribution in [3.8, 4) is 5.88 Å². The first-order valence-electron chi connectivity index (χ1n) is 10.8. The number of hydrogen-bond acceptors (Lipinski definition) is 10. The Kier molecular flexibility index (Phi) is 6.31. The van der Waals surface area contributed by atoms with E-state index in [4.69, 9.17) is 9.73 Å². The van der Waals surface area contributed by atoms with Crippen LogP contribution in [-0.2, 0) is 5.54 Å². The van der Waals surface area contributed by atoms with E-state index in [1.807, 2.05) is 4.90 Å². The van der Waals surface area contributed by atoms with Crippen LogP contribution in [0.1, 0.15) is 16.1 Å². The van der Waals surface area contributed by atoms with Gasteiger partial charge in [0.05, 0.1) is 38.4 Å². The minimum Gasteiger partial charge on any atom is -0.480 e. The number of nitrogens with one attached hydrogen (secondary N) is 1. The van der Waals surface area contributed by atoms with Gasteiger partial charge in [-0.2, -0.15) is 0 Å². The standard InChI is InChI=1S/C23H20F2N8O2S/c1-26-22-32-23(12-33(10-13(23)11-36-22)21-29-6-14(24)7-30-21)16-5-15(3-4-17(16)25)31-20(34)18-8-28-19(35-2)9-27-18/h3-9,13H,1,10-12H2,2H3,(H,31,34)/t13-,23-/m0/s1. The summed E-state index contributed by atoms with van der Waals surface area (Å²) >= 11 is 1.43. The maximum absolute atomic E-state index is 15.4. The number of aromatic nitrogens is 4. The van der Waals surface area contributed by atoms with Crippen molar-refractivity contribution in [3.05, 3.63) is 65.9 Å². The number of carbonyl (C=O) groups excluding carboxylic acids is 1. The van der Waals surface area contributed by atoms with Crippen LogP contribution in [0.15, 0.2) is 53.0 Å². The number of amidine groups is 1. The van der Waals surface area contributed by atoms with Crippen LogP contribution in [0.4, 0.5) is 20.4 Å². The van der Waals surface area contributed by atoms with Crippen molar-refractivity contribution in [2.45, 2.75) is 5.54 Å². The van der Waals surface area contributed by atoms with Gasteiger partial charge in [-0.1, -0.05) is 11.8 Å². The number of carbonyl (C=O) groups is 1. The number of thioether (sulfide) groups is 1. The molecule has 0 aliphatic carbocycles. The Balaban J connectivity index is 1.50. The number of ether oxygens (including phenoxy) is 1. The maximum atomic E-state index is 15.4. The van der Waals surface area contributed by atoms with Gasteiger partial charge in [0, 0.05) is 29.5 Å². The van der Waals surface area contributed by atoms with E-state index in [1.54, 1.807) is 6.07 Å². The van der Waals surface area contributed by atoms with Crippen LogP contribution >= 0.6 is 11.8 Å². The molecule has 2 aliphatic heterocycles. The highest BCUT2D eigenvalue weighted by Gasteiger charge is 2.52. The molecule has 1 amide bonds. The predicted octanol–water partition coefficient (Wildman–Crippen LogP) is 2.94. The van der Waals surface area contributed by atoms with Gasteiger partial charge in [0.1, 0.15) is 17.1 Å². The summed E-state index contributed by atoms with van der Waals surface area (Å²) in [6, 6.07) is 4.31. The average molecular weight is 511 g/mol. The second kappa shape index (κ2) is 9.57. The first-order valence-corrected chi connectivity index (χ1v) is 11.8. The Labute approximate surface area is 209 Å². The third kappa shape index (κ3) is 4.37. The third-order valence-electron chi connectivity index (χ3n) is 6.04. The van der Waals surface area contributed by atoms with Crippen molar-refractivity contribution in [1.82, 2.24) is 19.9 Å². The average Bonchev–Trinajstić information content (AvgIpc) is 3.30. The van der Waals surface area contributed by atoms with Crippen LogP contribution in [0.2, 0.25) is 0 Å². The quantitative estimate of drug-likeness (QED) is 0.521. The number of nitrogens with zero attached hydrogens (tertiary/aromatic N) is 7. The molecule has 1 fully saturated rings. The van der Waals surface area contributed by atoms with Gasteiger partial charge in [0.15, 0.2) is 11.0 Å². The molecule has 0 bridgehead atoms. The summed E-state index contributed by atoms with van der Waals surface area (Å²) in [4.78, 5) is 39.5. The second-order valence-electron chi connectivity index (χ2n) is 8.16. The lowest BCUT2D eigenvalue weighted by molar-refractivity contribution is 0.102. The number of rotatable bonds is 5. The topological polar surface area (TPSA) is 118 Å². The predicted molar refractivity (Wildman–Crippen MR) is 132 cm³/mol. The van der Waals surface area contributed by atoms with E-state index in [0.29, 0.717) is 29.1 Å². The largest absolute Gasteiger partial charge is 0.480 e. The zero-order valence-corrected chi connectivity index (χ0v) is 19.9. The Morgan fingerprint density at radius 2 is 2.03 bits per heavy atom. The summed E-state index contributed by atoms with van der Waals surface area (Å²) in [5.74, 6) is -0.475. The lowest BCUT2D eigenvalue weighted by Gasteiger charge is -2.35. The molecule has 1 N–H and O–H groups in total. The van der Waals surface area contributed by atoms with Crippen molar-refractivity contribution in [3.63, 3.8) is 0 Å². The van der Waals surface area contributed by atoms with Crippen LogP contribution < -0.4 is 15.0 Å². The zero-order valence-electron chi connectivity index (χ0n) is 19.1. The Morgan fingerprint density at radius 3 is 2.72 bits per heavy atom. The Morgan fingerprint density at radius 1 is 1.22 bits per heavy atom. The normalized spacial score (nSPS) is 20.9. The van der Waals surface area contributed by atoms with Gasteiger partial charge >= 0.3 is 0 Å². The molecule has 0 saturated carbocycles. The van der Waals surface area contributed by atoms with Gasteiger partial charge in [-0.25, -0.2) is 38.7 Å². The van der Waals surface area contributed by atoms with E-state index >= 15 is 4.39 Å². The second-order valence-corrected chi connectivity index (χ2v) is 9.15. The van der Waals surface area contributed by atoms with Crippen molar-refractivity contribution in [2.24, 2.45) is 15.9 Å². The molecule has 0 radical (unpaired) electrons. The molecule has 2 aliphatic rings. The van der Waals surface area contributed by atoms with Crippen molar-refractivity contribution in [2.75, 3.05) is 36.2 Å². The molecule has 10 nitrogen and oxygen atoms in total. The lowest BCUT2D eigenvalue weighted by atomic mass is 9.81. The molecule has 184 valence electrons. The molecular weight excluding hydrogens is 490 g/mol. The van der Waals surface area contributed by atoms with Crippen LogP contribution in [0.25, 0.3) is 0 Å². The van der Waals surface area contributed by atoms with Gasteiger partial charge < -0.3 is 15.0 Å². The molecule has 0 spiro atoms. The van der Waals surface area contributed by atoms with Crippen molar-refractivity contribution >= 4 is 41.2 Å². The molecule has 0 unspecified atom stereocenters. The van der Waals surface area contributed by atoms with E-state index in [9.17, 15) is 9.18 Å². The van der Waals surface area contributed by atoms with E-state index < -0.39 is 23.1 Å². The number of hydrogen-bond donors (Lipinski definition) is 1. The summed E-state index contributed by atoms with van der Waals surface area (Å²) < 4.78 is 33.7. The molecule has 4 heterocycles. The van der Waals surface area contributed by atoms with Crippen LogP contribution in [0, 0.1) is 17.6 Å². The van der Waals surface area contributed by atoms with Crippen molar-refractivity contribution in [1.29, 1.82) is 0 Å². The fraction of sp³-hybridized carbons (Fsp3) is 0.261. The molecular formula is C23H20F2N8O2S. The number of benzene rings is 1. The van der Waals surface area contributed by atoms with Crippen molar-refractivity contribution < 1.29 is 18.3 Å². The van der Waals surface area contributed by atoms with Crippen LogP contribution in [-0.4, -0.2) is 63.7 Å². The highest BCUT2D eigenvalue weighted by molar-refractivity contribution is 8.13.